The molecule has 1 aromatic rings. The SMILES string of the molecule is C=C(OC)C(=O)c1ccc(N)cc1. The quantitative estimate of drug-likeness (QED) is 0.330. The Morgan fingerprint density at radius 2 is 1.92 bits per heavy atom. The summed E-state index contributed by atoms with van der Waals surface area (Å²) in [5, 5.41) is 0. The fraction of sp³-hybridized carbons (Fsp3) is 0.100. The van der Waals surface area contributed by atoms with E-state index in [1.807, 2.05) is 0 Å². The van der Waals surface area contributed by atoms with Gasteiger partial charge in [-0.2, -0.15) is 0 Å². The van der Waals surface area contributed by atoms with E-state index in [-0.39, 0.29) is 11.5 Å². The van der Waals surface area contributed by atoms with Gasteiger partial charge in [0.25, 0.3) is 0 Å². The van der Waals surface area contributed by atoms with Gasteiger partial charge in [0.05, 0.1) is 7.11 Å². The van der Waals surface area contributed by atoms with Crippen LogP contribution in [0.15, 0.2) is 36.6 Å². The molecule has 0 amide bonds. The Hall–Kier alpha value is -1.77. The van der Waals surface area contributed by atoms with Gasteiger partial charge in [-0.1, -0.05) is 6.58 Å². The summed E-state index contributed by atoms with van der Waals surface area (Å²) in [6.45, 7) is 3.47. The lowest BCUT2D eigenvalue weighted by Gasteiger charge is -2.02. The van der Waals surface area contributed by atoms with Gasteiger partial charge in [0, 0.05) is 11.3 Å². The summed E-state index contributed by atoms with van der Waals surface area (Å²) in [5.74, 6) is -0.0905. The number of carbonyl (C=O) groups is 1. The maximum absolute atomic E-state index is 11.4. The van der Waals surface area contributed by atoms with Crippen molar-refractivity contribution in [2.24, 2.45) is 0 Å². The van der Waals surface area contributed by atoms with Crippen LogP contribution in [0.25, 0.3) is 0 Å². The van der Waals surface area contributed by atoms with Crippen molar-refractivity contribution >= 4 is 11.5 Å². The first-order valence-electron chi connectivity index (χ1n) is 3.78. The second-order valence-electron chi connectivity index (χ2n) is 2.58. The molecule has 0 spiro atoms. The Bertz CT molecular complexity index is 327. The van der Waals surface area contributed by atoms with E-state index < -0.39 is 0 Å². The lowest BCUT2D eigenvalue weighted by atomic mass is 10.1. The molecule has 13 heavy (non-hydrogen) atoms. The third kappa shape index (κ3) is 2.08. The monoisotopic (exact) mass is 177 g/mol. The van der Waals surface area contributed by atoms with E-state index in [4.69, 9.17) is 10.5 Å². The molecule has 0 radical (unpaired) electrons. The molecule has 3 nitrogen and oxygen atoms in total. The normalized spacial score (nSPS) is 9.31. The van der Waals surface area contributed by atoms with Gasteiger partial charge in [-0.3, -0.25) is 4.79 Å². The Kier molecular flexibility index (Phi) is 2.69. The van der Waals surface area contributed by atoms with Gasteiger partial charge in [-0.15, -0.1) is 0 Å². The number of nitrogens with two attached hydrogens (primary N) is 1. The average Bonchev–Trinajstić information content (AvgIpc) is 2.17. The summed E-state index contributed by atoms with van der Waals surface area (Å²) < 4.78 is 4.72. The first kappa shape index (κ1) is 9.32. The number of carbonyl (C=O) groups excluding carboxylic acids is 1. The van der Waals surface area contributed by atoms with E-state index >= 15 is 0 Å². The largest absolute Gasteiger partial charge is 0.493 e. The molecule has 0 heterocycles. The Morgan fingerprint density at radius 1 is 1.38 bits per heavy atom. The fourth-order valence-corrected chi connectivity index (χ4v) is 0.888. The average molecular weight is 177 g/mol. The highest BCUT2D eigenvalue weighted by atomic mass is 16.5. The number of hydrogen-bond donors (Lipinski definition) is 1. The second kappa shape index (κ2) is 3.76. The topological polar surface area (TPSA) is 52.3 Å². The van der Waals surface area contributed by atoms with Crippen LogP contribution in [0.3, 0.4) is 0 Å². The van der Waals surface area contributed by atoms with Gasteiger partial charge < -0.3 is 10.5 Å². The molecule has 0 aromatic heterocycles. The number of hydrogen-bond acceptors (Lipinski definition) is 3. The van der Waals surface area contributed by atoms with Crippen LogP contribution in [-0.2, 0) is 4.74 Å². The number of benzene rings is 1. The summed E-state index contributed by atoms with van der Waals surface area (Å²) in [4.78, 5) is 11.4. The van der Waals surface area contributed by atoms with Gasteiger partial charge in [0.1, 0.15) is 0 Å². The van der Waals surface area contributed by atoms with Crippen LogP contribution in [0.4, 0.5) is 5.69 Å². The molecule has 2 N–H and O–H groups in total. The molecule has 0 aliphatic heterocycles. The molecule has 0 fully saturated rings. The van der Waals surface area contributed by atoms with Gasteiger partial charge in [-0.25, -0.2) is 0 Å². The molecule has 1 aromatic carbocycles. The number of rotatable bonds is 3. The predicted octanol–water partition coefficient (Wildman–Crippen LogP) is 1.61. The Morgan fingerprint density at radius 3 is 2.38 bits per heavy atom. The molecule has 0 aliphatic carbocycles. The molecular weight excluding hydrogens is 166 g/mol. The maximum Gasteiger partial charge on any atom is 0.226 e. The van der Waals surface area contributed by atoms with Crippen molar-refractivity contribution in [1.82, 2.24) is 0 Å². The highest BCUT2D eigenvalue weighted by Crippen LogP contribution is 2.10. The smallest absolute Gasteiger partial charge is 0.226 e. The van der Waals surface area contributed by atoms with E-state index in [9.17, 15) is 4.79 Å². The molecule has 0 aliphatic rings. The maximum atomic E-state index is 11.4. The lowest BCUT2D eigenvalue weighted by Crippen LogP contribution is -2.03. The van der Waals surface area contributed by atoms with Crippen LogP contribution < -0.4 is 5.73 Å². The number of Topliss-reactive ketones (excluding diaryl/α,β-unsaturated/α-hetero) is 1. The van der Waals surface area contributed by atoms with Crippen molar-refractivity contribution in [2.75, 3.05) is 12.8 Å². The minimum absolute atomic E-state index is 0.129. The number of nitrogen functional groups attached to an aromatic ring is 1. The number of ether oxygens (including phenoxy) is 1. The first-order valence-corrected chi connectivity index (χ1v) is 3.78. The zero-order valence-corrected chi connectivity index (χ0v) is 7.41. The van der Waals surface area contributed by atoms with Crippen LogP contribution in [0.5, 0.6) is 0 Å². The summed E-state index contributed by atoms with van der Waals surface area (Å²) >= 11 is 0. The molecule has 0 saturated carbocycles. The minimum Gasteiger partial charge on any atom is -0.493 e. The summed E-state index contributed by atoms with van der Waals surface area (Å²) in [5.41, 5.74) is 6.62. The van der Waals surface area contributed by atoms with Crippen LogP contribution in [-0.4, -0.2) is 12.9 Å². The molecule has 3 heteroatoms. The minimum atomic E-state index is -0.220. The predicted molar refractivity (Wildman–Crippen MR) is 51.3 cm³/mol. The van der Waals surface area contributed by atoms with Crippen LogP contribution in [0.2, 0.25) is 0 Å². The highest BCUT2D eigenvalue weighted by molar-refractivity contribution is 6.07. The highest BCUT2D eigenvalue weighted by Gasteiger charge is 2.09. The van der Waals surface area contributed by atoms with Crippen LogP contribution in [0.1, 0.15) is 10.4 Å². The zero-order chi connectivity index (χ0) is 9.84. The molecular formula is C10H11NO2. The summed E-state index contributed by atoms with van der Waals surface area (Å²) in [6, 6.07) is 6.61. The molecule has 0 unspecified atom stereocenters. The van der Waals surface area contributed by atoms with E-state index in [0.29, 0.717) is 11.3 Å². The number of ketones is 1. The van der Waals surface area contributed by atoms with Crippen molar-refractivity contribution in [2.45, 2.75) is 0 Å². The standard InChI is InChI=1S/C10H11NO2/c1-7(13-2)10(12)8-3-5-9(11)6-4-8/h3-6H,1,11H2,2H3. The number of anilines is 1. The Labute approximate surface area is 76.8 Å². The molecule has 1 rings (SSSR count). The molecule has 68 valence electrons. The number of allylic oxidation sites excluding steroid dienone is 1. The van der Waals surface area contributed by atoms with Crippen LogP contribution in [0, 0.1) is 0 Å². The molecule has 0 saturated heterocycles. The van der Waals surface area contributed by atoms with Crippen molar-refractivity contribution in [3.63, 3.8) is 0 Å². The van der Waals surface area contributed by atoms with Crippen molar-refractivity contribution in [1.29, 1.82) is 0 Å². The zero-order valence-electron chi connectivity index (χ0n) is 7.41. The van der Waals surface area contributed by atoms with Crippen molar-refractivity contribution in [3.8, 4) is 0 Å². The number of methoxy groups -OCH3 is 1. The lowest BCUT2D eigenvalue weighted by molar-refractivity contribution is 0.0955. The second-order valence-corrected chi connectivity index (χ2v) is 2.58. The van der Waals surface area contributed by atoms with Gasteiger partial charge in [0.2, 0.25) is 5.78 Å². The summed E-state index contributed by atoms with van der Waals surface area (Å²) in [7, 11) is 1.41. The van der Waals surface area contributed by atoms with Gasteiger partial charge in [0.15, 0.2) is 5.76 Å². The van der Waals surface area contributed by atoms with E-state index in [2.05, 4.69) is 6.58 Å². The molecule has 0 bridgehead atoms. The summed E-state index contributed by atoms with van der Waals surface area (Å²) in [6.07, 6.45) is 0. The van der Waals surface area contributed by atoms with Crippen molar-refractivity contribution in [3.05, 3.63) is 42.2 Å². The van der Waals surface area contributed by atoms with E-state index in [1.165, 1.54) is 7.11 Å². The fourth-order valence-electron chi connectivity index (χ4n) is 0.888. The third-order valence-corrected chi connectivity index (χ3v) is 1.67. The van der Waals surface area contributed by atoms with E-state index in [1.54, 1.807) is 24.3 Å². The Balaban J connectivity index is 2.90. The third-order valence-electron chi connectivity index (χ3n) is 1.67. The van der Waals surface area contributed by atoms with E-state index in [0.717, 1.165) is 0 Å². The van der Waals surface area contributed by atoms with Gasteiger partial charge >= 0.3 is 0 Å². The van der Waals surface area contributed by atoms with Crippen molar-refractivity contribution < 1.29 is 9.53 Å². The first-order chi connectivity index (χ1) is 6.15. The van der Waals surface area contributed by atoms with Gasteiger partial charge in [-0.05, 0) is 24.3 Å². The van der Waals surface area contributed by atoms with Crippen LogP contribution >= 0.6 is 0 Å². The molecule has 0 atom stereocenters.